The monoisotopic (exact) mass is 367 g/mol. The van der Waals surface area contributed by atoms with Gasteiger partial charge in [0.25, 0.3) is 0 Å². The minimum absolute atomic E-state index is 0.0229. The molecule has 11 nitrogen and oxygen atoms in total. The van der Waals surface area contributed by atoms with Crippen LogP contribution in [0.3, 0.4) is 0 Å². The van der Waals surface area contributed by atoms with Gasteiger partial charge in [-0.25, -0.2) is 0 Å². The first kappa shape index (κ1) is 21.7. The summed E-state index contributed by atoms with van der Waals surface area (Å²) in [7, 11) is 0. The Morgan fingerprint density at radius 3 is 2.12 bits per heavy atom. The van der Waals surface area contributed by atoms with Crippen LogP contribution in [-0.4, -0.2) is 113 Å². The Morgan fingerprint density at radius 1 is 0.960 bits per heavy atom. The van der Waals surface area contributed by atoms with E-state index < -0.39 is 55.7 Å². The molecule has 0 amide bonds. The molecule has 5 N–H and O–H groups in total. The molecule has 0 spiro atoms. The van der Waals surface area contributed by atoms with Crippen LogP contribution in [0.5, 0.6) is 0 Å². The molecule has 1 rings (SSSR count). The Labute approximate surface area is 144 Å². The Kier molecular flexibility index (Phi) is 9.21. The first-order chi connectivity index (χ1) is 11.7. The highest BCUT2D eigenvalue weighted by Gasteiger charge is 2.42. The average molecular weight is 367 g/mol. The van der Waals surface area contributed by atoms with Crippen molar-refractivity contribution in [3.8, 4) is 0 Å². The number of aliphatic carboxylic acids is 2. The molecule has 0 unspecified atom stereocenters. The van der Waals surface area contributed by atoms with Gasteiger partial charge in [0.15, 0.2) is 6.29 Å². The first-order valence-electron chi connectivity index (χ1n) is 7.77. The fraction of sp³-hybridized carbons (Fsp3) is 0.857. The largest absolute Gasteiger partial charge is 0.480 e. The van der Waals surface area contributed by atoms with Crippen LogP contribution in [0.25, 0.3) is 0 Å². The van der Waals surface area contributed by atoms with Crippen molar-refractivity contribution in [3.63, 3.8) is 0 Å². The number of aliphatic hydroxyl groups excluding tert-OH is 3. The summed E-state index contributed by atoms with van der Waals surface area (Å²) in [6, 6.07) is 0. The van der Waals surface area contributed by atoms with Crippen molar-refractivity contribution in [3.05, 3.63) is 0 Å². The third-order valence-corrected chi connectivity index (χ3v) is 3.59. The highest BCUT2D eigenvalue weighted by molar-refractivity contribution is 5.72. The van der Waals surface area contributed by atoms with Crippen LogP contribution in [0.1, 0.15) is 6.92 Å². The van der Waals surface area contributed by atoms with Crippen molar-refractivity contribution in [1.29, 1.82) is 0 Å². The van der Waals surface area contributed by atoms with Gasteiger partial charge in [-0.2, -0.15) is 0 Å². The molecule has 1 saturated heterocycles. The van der Waals surface area contributed by atoms with Gasteiger partial charge in [0.2, 0.25) is 0 Å². The Bertz CT molecular complexity index is 418. The number of rotatable bonds is 11. The van der Waals surface area contributed by atoms with Crippen LogP contribution in [-0.2, 0) is 23.8 Å². The number of carboxylic acid groups (broad SMARTS) is 2. The van der Waals surface area contributed by atoms with Crippen molar-refractivity contribution in [2.75, 3.05) is 39.5 Å². The van der Waals surface area contributed by atoms with Gasteiger partial charge in [0.1, 0.15) is 18.3 Å². The van der Waals surface area contributed by atoms with E-state index in [1.54, 1.807) is 0 Å². The minimum Gasteiger partial charge on any atom is -0.480 e. The summed E-state index contributed by atoms with van der Waals surface area (Å²) >= 11 is 0. The number of aliphatic hydroxyl groups is 3. The highest BCUT2D eigenvalue weighted by atomic mass is 16.7. The maximum absolute atomic E-state index is 10.6. The van der Waals surface area contributed by atoms with E-state index in [2.05, 4.69) is 0 Å². The van der Waals surface area contributed by atoms with Gasteiger partial charge in [-0.1, -0.05) is 0 Å². The van der Waals surface area contributed by atoms with Crippen LogP contribution in [0, 0.1) is 0 Å². The SMILES string of the molecule is C[C@@H]1O[C@@H](OCCOCCN(CC(=O)O)CC(=O)O)[C@H](O)[C@H](O)[C@H]1O. The van der Waals surface area contributed by atoms with Crippen LogP contribution in [0.4, 0.5) is 0 Å². The lowest BCUT2D eigenvalue weighted by Crippen LogP contribution is -2.57. The summed E-state index contributed by atoms with van der Waals surface area (Å²) in [4.78, 5) is 22.5. The maximum Gasteiger partial charge on any atom is 0.317 e. The molecular weight excluding hydrogens is 342 g/mol. The second kappa shape index (κ2) is 10.6. The van der Waals surface area contributed by atoms with Gasteiger partial charge in [0.05, 0.1) is 39.0 Å². The van der Waals surface area contributed by atoms with E-state index in [-0.39, 0.29) is 26.4 Å². The van der Waals surface area contributed by atoms with Gasteiger partial charge in [-0.15, -0.1) is 0 Å². The summed E-state index contributed by atoms with van der Waals surface area (Å²) in [6.07, 6.45) is -5.79. The number of hydrogen-bond donors (Lipinski definition) is 5. The number of nitrogens with zero attached hydrogens (tertiary/aromatic N) is 1. The molecule has 0 saturated carbocycles. The molecule has 0 aliphatic carbocycles. The smallest absolute Gasteiger partial charge is 0.317 e. The highest BCUT2D eigenvalue weighted by Crippen LogP contribution is 2.21. The van der Waals surface area contributed by atoms with Gasteiger partial charge < -0.3 is 39.7 Å². The molecule has 1 aliphatic heterocycles. The summed E-state index contributed by atoms with van der Waals surface area (Å²) in [6.45, 7) is 1.03. The molecule has 1 heterocycles. The minimum atomic E-state index is -1.40. The molecule has 0 aromatic carbocycles. The zero-order valence-corrected chi connectivity index (χ0v) is 13.9. The molecule has 0 bridgehead atoms. The van der Waals surface area contributed by atoms with Gasteiger partial charge in [-0.05, 0) is 6.92 Å². The van der Waals surface area contributed by atoms with E-state index in [1.165, 1.54) is 11.8 Å². The fourth-order valence-electron chi connectivity index (χ4n) is 2.27. The summed E-state index contributed by atoms with van der Waals surface area (Å²) in [5.41, 5.74) is 0. The third-order valence-electron chi connectivity index (χ3n) is 3.59. The molecule has 25 heavy (non-hydrogen) atoms. The van der Waals surface area contributed by atoms with Crippen molar-refractivity contribution in [2.45, 2.75) is 37.6 Å². The zero-order chi connectivity index (χ0) is 19.0. The van der Waals surface area contributed by atoms with Crippen molar-refractivity contribution in [1.82, 2.24) is 4.90 Å². The van der Waals surface area contributed by atoms with Crippen LogP contribution in [0.2, 0.25) is 0 Å². The molecular formula is C14H25NO10. The lowest BCUT2D eigenvalue weighted by atomic mass is 10.0. The van der Waals surface area contributed by atoms with Crippen molar-refractivity contribution >= 4 is 11.9 Å². The predicted molar refractivity (Wildman–Crippen MR) is 80.8 cm³/mol. The lowest BCUT2D eigenvalue weighted by Gasteiger charge is -2.38. The molecule has 1 aliphatic rings. The maximum atomic E-state index is 10.6. The first-order valence-corrected chi connectivity index (χ1v) is 7.77. The summed E-state index contributed by atoms with van der Waals surface area (Å²) in [5.74, 6) is -2.27. The molecule has 1 fully saturated rings. The molecule has 5 atom stereocenters. The standard InChI is InChI=1S/C14H25NO10/c1-8-11(20)12(21)13(22)14(25-8)24-5-4-23-3-2-15(6-9(16)17)7-10(18)19/h8,11-14,20-22H,2-7H2,1H3,(H,16,17)(H,18,19)/t8-,11-,12+,13+,14+/m0/s1. The average Bonchev–Trinajstić information content (AvgIpc) is 2.52. The number of carbonyl (C=O) groups is 2. The second-order valence-electron chi connectivity index (χ2n) is 5.66. The molecule has 11 heteroatoms. The van der Waals surface area contributed by atoms with E-state index >= 15 is 0 Å². The summed E-state index contributed by atoms with van der Waals surface area (Å²) in [5, 5.41) is 46.3. The van der Waals surface area contributed by atoms with Crippen LogP contribution in [0.15, 0.2) is 0 Å². The Hall–Kier alpha value is -1.34. The Balaban J connectivity index is 2.22. The lowest BCUT2D eigenvalue weighted by molar-refractivity contribution is -0.294. The molecule has 146 valence electrons. The van der Waals surface area contributed by atoms with E-state index in [4.69, 9.17) is 24.4 Å². The number of hydrogen-bond acceptors (Lipinski definition) is 9. The van der Waals surface area contributed by atoms with Crippen LogP contribution >= 0.6 is 0 Å². The zero-order valence-electron chi connectivity index (χ0n) is 13.9. The normalized spacial score (nSPS) is 29.7. The molecule has 0 aromatic rings. The number of carboxylic acids is 2. The molecule has 0 radical (unpaired) electrons. The van der Waals surface area contributed by atoms with Gasteiger partial charge in [0, 0.05) is 6.54 Å². The number of ether oxygens (including phenoxy) is 3. The Morgan fingerprint density at radius 2 is 1.56 bits per heavy atom. The van der Waals surface area contributed by atoms with Gasteiger partial charge >= 0.3 is 11.9 Å². The van der Waals surface area contributed by atoms with Crippen molar-refractivity contribution in [2.24, 2.45) is 0 Å². The van der Waals surface area contributed by atoms with E-state index in [1.807, 2.05) is 0 Å². The van der Waals surface area contributed by atoms with E-state index in [9.17, 15) is 24.9 Å². The fourth-order valence-corrected chi connectivity index (χ4v) is 2.27. The topological polar surface area (TPSA) is 166 Å². The van der Waals surface area contributed by atoms with Crippen molar-refractivity contribution < 1.29 is 49.3 Å². The van der Waals surface area contributed by atoms with E-state index in [0.717, 1.165) is 0 Å². The van der Waals surface area contributed by atoms with E-state index in [0.29, 0.717) is 0 Å². The third kappa shape index (κ3) is 7.61. The quantitative estimate of drug-likeness (QED) is 0.241. The summed E-state index contributed by atoms with van der Waals surface area (Å²) < 4.78 is 15.7. The second-order valence-corrected chi connectivity index (χ2v) is 5.66. The predicted octanol–water partition coefficient (Wildman–Crippen LogP) is -2.68. The molecule has 0 aromatic heterocycles. The van der Waals surface area contributed by atoms with Gasteiger partial charge in [-0.3, -0.25) is 14.5 Å². The van der Waals surface area contributed by atoms with Crippen LogP contribution < -0.4 is 0 Å².